The van der Waals surface area contributed by atoms with Crippen molar-refractivity contribution < 1.29 is 13.5 Å². The summed E-state index contributed by atoms with van der Waals surface area (Å²) >= 11 is 0. The standard InChI is InChI=1S/C23H34N3O3PS/c1-6-8-14-23(7-2)17-25(18-12-10-9-11-13-18)20-15-19(24(3)4)21(27)16-22(20)31(28,29)26(23)30-5/h9-13,15-16,27,30H,6-8,14,17H2,1-5H3. The van der Waals surface area contributed by atoms with Gasteiger partial charge < -0.3 is 14.9 Å². The number of sulfonamides is 1. The van der Waals surface area contributed by atoms with Crippen LogP contribution in [0.5, 0.6) is 5.75 Å². The maximum absolute atomic E-state index is 14.0. The predicted octanol–water partition coefficient (Wildman–Crippen LogP) is 5.16. The van der Waals surface area contributed by atoms with E-state index in [0.29, 0.717) is 17.9 Å². The Morgan fingerprint density at radius 3 is 2.39 bits per heavy atom. The van der Waals surface area contributed by atoms with Gasteiger partial charge in [-0.1, -0.05) is 44.9 Å². The molecule has 6 nitrogen and oxygen atoms in total. The summed E-state index contributed by atoms with van der Waals surface area (Å²) < 4.78 is 29.7. The highest BCUT2D eigenvalue weighted by Gasteiger charge is 2.47. The molecule has 1 aliphatic heterocycles. The van der Waals surface area contributed by atoms with E-state index in [1.54, 1.807) is 15.0 Å². The summed E-state index contributed by atoms with van der Waals surface area (Å²) in [4.78, 5) is 4.10. The first-order valence-electron chi connectivity index (χ1n) is 10.8. The smallest absolute Gasteiger partial charge is 0.248 e. The quantitative estimate of drug-likeness (QED) is 0.575. The van der Waals surface area contributed by atoms with E-state index in [4.69, 9.17) is 0 Å². The van der Waals surface area contributed by atoms with Crippen molar-refractivity contribution in [2.75, 3.05) is 37.1 Å². The number of fused-ring (bicyclic) bond motifs is 1. The zero-order chi connectivity index (χ0) is 22.8. The monoisotopic (exact) mass is 463 g/mol. The molecule has 0 spiro atoms. The Labute approximate surface area is 188 Å². The zero-order valence-electron chi connectivity index (χ0n) is 19.1. The Balaban J connectivity index is 2.36. The van der Waals surface area contributed by atoms with Crippen molar-refractivity contribution in [3.05, 3.63) is 42.5 Å². The number of phenols is 1. The molecule has 3 rings (SSSR count). The number of benzene rings is 2. The van der Waals surface area contributed by atoms with Crippen LogP contribution in [-0.4, -0.2) is 50.4 Å². The van der Waals surface area contributed by atoms with Gasteiger partial charge in [0.2, 0.25) is 10.0 Å². The lowest BCUT2D eigenvalue weighted by Gasteiger charge is -2.42. The van der Waals surface area contributed by atoms with Crippen LogP contribution in [0.3, 0.4) is 0 Å². The van der Waals surface area contributed by atoms with E-state index in [9.17, 15) is 13.5 Å². The summed E-state index contributed by atoms with van der Waals surface area (Å²) in [6.07, 6.45) is 3.48. The molecule has 8 heteroatoms. The first-order valence-corrected chi connectivity index (χ1v) is 13.7. The van der Waals surface area contributed by atoms with E-state index in [-0.39, 0.29) is 19.4 Å². The molecule has 2 aromatic rings. The van der Waals surface area contributed by atoms with Gasteiger partial charge in [0.05, 0.1) is 16.9 Å². The first kappa shape index (κ1) is 23.8. The fourth-order valence-electron chi connectivity index (χ4n) is 4.43. The van der Waals surface area contributed by atoms with E-state index in [1.165, 1.54) is 6.07 Å². The second-order valence-electron chi connectivity index (χ2n) is 8.30. The molecule has 31 heavy (non-hydrogen) atoms. The summed E-state index contributed by atoms with van der Waals surface area (Å²) in [6, 6.07) is 13.2. The molecule has 0 aliphatic carbocycles. The number of phenolic OH excluding ortho intramolecular Hbond substituents is 1. The molecule has 0 aromatic heterocycles. The number of anilines is 3. The minimum atomic E-state index is -3.80. The number of aromatic hydroxyl groups is 1. The van der Waals surface area contributed by atoms with Gasteiger partial charge in [-0.15, -0.1) is 0 Å². The lowest BCUT2D eigenvalue weighted by Crippen LogP contribution is -2.51. The average Bonchev–Trinajstić information content (AvgIpc) is 2.83. The third kappa shape index (κ3) is 4.28. The maximum Gasteiger partial charge on any atom is 0.248 e. The molecule has 1 heterocycles. The normalized spacial score (nSPS) is 21.3. The molecular formula is C23H34N3O3PS. The summed E-state index contributed by atoms with van der Waals surface area (Å²) in [5, 5.41) is 10.7. The van der Waals surface area contributed by atoms with Crippen molar-refractivity contribution in [2.45, 2.75) is 50.0 Å². The first-order chi connectivity index (χ1) is 14.7. The summed E-state index contributed by atoms with van der Waals surface area (Å²) in [5.74, 6) is -0.0303. The van der Waals surface area contributed by atoms with E-state index in [1.807, 2.05) is 51.1 Å². The summed E-state index contributed by atoms with van der Waals surface area (Å²) in [5.41, 5.74) is 1.64. The molecular weight excluding hydrogens is 429 g/mol. The molecule has 170 valence electrons. The van der Waals surface area contributed by atoms with Gasteiger partial charge >= 0.3 is 0 Å². The molecule has 0 bridgehead atoms. The van der Waals surface area contributed by atoms with E-state index >= 15 is 0 Å². The third-order valence-corrected chi connectivity index (χ3v) is 10.1. The fraction of sp³-hybridized carbons (Fsp3) is 0.478. The Kier molecular flexibility index (Phi) is 7.19. The van der Waals surface area contributed by atoms with Crippen molar-refractivity contribution in [1.29, 1.82) is 0 Å². The van der Waals surface area contributed by atoms with Gasteiger partial charge in [-0.2, -0.15) is 4.08 Å². The number of unbranched alkanes of at least 4 members (excludes halogenated alkanes) is 1. The predicted molar refractivity (Wildman–Crippen MR) is 132 cm³/mol. The number of hydrogen-bond donors (Lipinski definition) is 1. The number of nitrogens with zero attached hydrogens (tertiary/aromatic N) is 3. The van der Waals surface area contributed by atoms with Crippen LogP contribution in [0.2, 0.25) is 0 Å². The SMILES string of the molecule is CCCCC1(CC)CN(c2ccccc2)c2cc(N(C)C)c(O)cc2S(=O)(=O)N1PC. The van der Waals surface area contributed by atoms with Crippen LogP contribution in [0.4, 0.5) is 17.1 Å². The van der Waals surface area contributed by atoms with Crippen molar-refractivity contribution in [2.24, 2.45) is 0 Å². The number of para-hydroxylation sites is 1. The molecule has 1 N–H and O–H groups in total. The van der Waals surface area contributed by atoms with Gasteiger partial charge in [-0.3, -0.25) is 0 Å². The van der Waals surface area contributed by atoms with Crippen LogP contribution in [0, 0.1) is 0 Å². The highest BCUT2D eigenvalue weighted by Crippen LogP contribution is 2.49. The van der Waals surface area contributed by atoms with E-state index in [2.05, 4.69) is 18.7 Å². The van der Waals surface area contributed by atoms with E-state index < -0.39 is 15.6 Å². The Hall–Kier alpha value is -1.82. The maximum atomic E-state index is 14.0. The zero-order valence-corrected chi connectivity index (χ0v) is 20.9. The minimum absolute atomic E-state index is 0.0303. The molecule has 1 aliphatic rings. The van der Waals surface area contributed by atoms with Crippen LogP contribution in [0.25, 0.3) is 0 Å². The third-order valence-electron chi connectivity index (χ3n) is 6.16. The Bertz CT molecular complexity index is 1010. The lowest BCUT2D eigenvalue weighted by molar-refractivity contribution is 0.256. The van der Waals surface area contributed by atoms with Crippen LogP contribution < -0.4 is 9.80 Å². The summed E-state index contributed by atoms with van der Waals surface area (Å²) in [6.45, 7) is 6.72. The van der Waals surface area contributed by atoms with Gasteiger partial charge in [-0.05, 0) is 46.4 Å². The Morgan fingerprint density at radius 2 is 1.84 bits per heavy atom. The van der Waals surface area contributed by atoms with Gasteiger partial charge in [0.25, 0.3) is 0 Å². The molecule has 2 atom stereocenters. The van der Waals surface area contributed by atoms with Crippen LogP contribution in [0.15, 0.2) is 47.4 Å². The van der Waals surface area contributed by atoms with Gasteiger partial charge in [0.1, 0.15) is 10.6 Å². The van der Waals surface area contributed by atoms with Crippen LogP contribution in [0.1, 0.15) is 39.5 Å². The topological polar surface area (TPSA) is 64.1 Å². The highest BCUT2D eigenvalue weighted by molar-refractivity contribution is 7.93. The molecule has 0 saturated heterocycles. The fourth-order valence-corrected chi connectivity index (χ4v) is 8.18. The number of hydrogen-bond acceptors (Lipinski definition) is 5. The second kappa shape index (κ2) is 9.35. The molecule has 2 aromatic carbocycles. The second-order valence-corrected chi connectivity index (χ2v) is 11.3. The lowest BCUT2D eigenvalue weighted by atomic mass is 9.89. The van der Waals surface area contributed by atoms with Crippen molar-refractivity contribution in [3.63, 3.8) is 0 Å². The number of rotatable bonds is 7. The van der Waals surface area contributed by atoms with Crippen molar-refractivity contribution in [3.8, 4) is 5.75 Å². The van der Waals surface area contributed by atoms with Crippen LogP contribution in [-0.2, 0) is 10.0 Å². The van der Waals surface area contributed by atoms with Crippen LogP contribution >= 0.6 is 8.73 Å². The molecule has 0 saturated carbocycles. The van der Waals surface area contributed by atoms with Crippen molar-refractivity contribution in [1.82, 2.24) is 4.08 Å². The van der Waals surface area contributed by atoms with Crippen molar-refractivity contribution >= 4 is 35.8 Å². The van der Waals surface area contributed by atoms with E-state index in [0.717, 1.165) is 31.4 Å². The Morgan fingerprint density at radius 1 is 1.16 bits per heavy atom. The van der Waals surface area contributed by atoms with Gasteiger partial charge in [-0.25, -0.2) is 8.42 Å². The minimum Gasteiger partial charge on any atom is -0.506 e. The molecule has 2 unspecified atom stereocenters. The largest absolute Gasteiger partial charge is 0.506 e. The molecule has 0 amide bonds. The van der Waals surface area contributed by atoms with Gasteiger partial charge in [0.15, 0.2) is 0 Å². The molecule has 0 radical (unpaired) electrons. The average molecular weight is 464 g/mol. The highest BCUT2D eigenvalue weighted by atomic mass is 32.2. The molecule has 0 fully saturated rings. The van der Waals surface area contributed by atoms with Gasteiger partial charge in [0, 0.05) is 32.4 Å². The summed E-state index contributed by atoms with van der Waals surface area (Å²) in [7, 11) is -0.0129.